The fraction of sp³-hybridized carbons (Fsp3) is 0.389. The Balaban J connectivity index is 1.79. The number of anilines is 1. The molecule has 0 saturated carbocycles. The Morgan fingerprint density at radius 2 is 1.96 bits per heavy atom. The zero-order chi connectivity index (χ0) is 19.8. The minimum atomic E-state index is -3.90. The van der Waals surface area contributed by atoms with Crippen LogP contribution in [0.15, 0.2) is 33.8 Å². The van der Waals surface area contributed by atoms with Crippen LogP contribution in [0.2, 0.25) is 0 Å². The van der Waals surface area contributed by atoms with Crippen molar-refractivity contribution in [2.24, 2.45) is 0 Å². The van der Waals surface area contributed by atoms with Crippen LogP contribution in [-0.4, -0.2) is 26.4 Å². The number of fused-ring (bicyclic) bond motifs is 1. The van der Waals surface area contributed by atoms with Crippen molar-refractivity contribution in [3.63, 3.8) is 0 Å². The number of hydrogen-bond acceptors (Lipinski definition) is 5. The molecule has 0 radical (unpaired) electrons. The van der Waals surface area contributed by atoms with E-state index in [-0.39, 0.29) is 16.5 Å². The van der Waals surface area contributed by atoms with Crippen LogP contribution in [-0.2, 0) is 23.0 Å². The van der Waals surface area contributed by atoms with Gasteiger partial charge in [-0.25, -0.2) is 17.5 Å². The quantitative estimate of drug-likeness (QED) is 0.738. The van der Waals surface area contributed by atoms with Crippen molar-refractivity contribution in [1.29, 1.82) is 0 Å². The maximum atomic E-state index is 14.6. The van der Waals surface area contributed by atoms with Crippen LogP contribution in [0.5, 0.6) is 0 Å². The standard InChI is InChI=1S/C18H22FN3O4S/c1-18(2,3)22-27(24,25)15-7-6-14(26-15)17(23)21-13-5-4-11-10-20-9-8-12(11)16(13)19/h4-7,20,22H,8-10H2,1-3H3,(H,21,23). The zero-order valence-electron chi connectivity index (χ0n) is 15.3. The minimum Gasteiger partial charge on any atom is -0.438 e. The fourth-order valence-corrected chi connectivity index (χ4v) is 4.21. The van der Waals surface area contributed by atoms with Gasteiger partial charge in [0.1, 0.15) is 5.82 Å². The van der Waals surface area contributed by atoms with E-state index in [1.54, 1.807) is 26.8 Å². The molecule has 0 spiro atoms. The second kappa shape index (κ2) is 7.06. The summed E-state index contributed by atoms with van der Waals surface area (Å²) in [5.41, 5.74) is 0.768. The third-order valence-electron chi connectivity index (χ3n) is 3.97. The van der Waals surface area contributed by atoms with E-state index in [4.69, 9.17) is 4.42 Å². The normalized spacial score (nSPS) is 14.7. The highest BCUT2D eigenvalue weighted by Crippen LogP contribution is 2.25. The topological polar surface area (TPSA) is 100 Å². The second-order valence-corrected chi connectivity index (χ2v) is 9.03. The summed E-state index contributed by atoms with van der Waals surface area (Å²) in [5, 5.41) is 5.23. The van der Waals surface area contributed by atoms with E-state index in [9.17, 15) is 17.6 Å². The molecule has 1 aromatic carbocycles. The van der Waals surface area contributed by atoms with Gasteiger partial charge < -0.3 is 15.1 Å². The Morgan fingerprint density at radius 1 is 1.22 bits per heavy atom. The molecule has 0 unspecified atom stereocenters. The maximum Gasteiger partial charge on any atom is 0.291 e. The molecular weight excluding hydrogens is 373 g/mol. The molecular formula is C18H22FN3O4S. The van der Waals surface area contributed by atoms with E-state index in [1.807, 2.05) is 0 Å². The first-order valence-corrected chi connectivity index (χ1v) is 10.0. The molecule has 2 heterocycles. The Bertz CT molecular complexity index is 977. The lowest BCUT2D eigenvalue weighted by Crippen LogP contribution is -2.40. The number of carbonyl (C=O) groups is 1. The van der Waals surface area contributed by atoms with Crippen LogP contribution in [0.3, 0.4) is 0 Å². The number of benzene rings is 1. The second-order valence-electron chi connectivity index (χ2n) is 7.42. The van der Waals surface area contributed by atoms with E-state index in [0.29, 0.717) is 25.1 Å². The Morgan fingerprint density at radius 3 is 2.67 bits per heavy atom. The summed E-state index contributed by atoms with van der Waals surface area (Å²) in [4.78, 5) is 12.4. The lowest BCUT2D eigenvalue weighted by Gasteiger charge is -2.19. The molecule has 3 N–H and O–H groups in total. The predicted octanol–water partition coefficient (Wildman–Crippen LogP) is 2.39. The molecule has 27 heavy (non-hydrogen) atoms. The van der Waals surface area contributed by atoms with Gasteiger partial charge in [-0.1, -0.05) is 6.07 Å². The number of rotatable bonds is 4. The minimum absolute atomic E-state index is 0.0364. The molecule has 0 bridgehead atoms. The number of sulfonamides is 1. The van der Waals surface area contributed by atoms with Crippen molar-refractivity contribution in [1.82, 2.24) is 10.0 Å². The van der Waals surface area contributed by atoms with Crippen LogP contribution in [0.4, 0.5) is 10.1 Å². The van der Waals surface area contributed by atoms with Crippen LogP contribution < -0.4 is 15.4 Å². The van der Waals surface area contributed by atoms with Gasteiger partial charge in [0.05, 0.1) is 5.69 Å². The third-order valence-corrected chi connectivity index (χ3v) is 5.60. The molecule has 1 amide bonds. The first kappa shape index (κ1) is 19.5. The van der Waals surface area contributed by atoms with Gasteiger partial charge in [0.25, 0.3) is 15.9 Å². The summed E-state index contributed by atoms with van der Waals surface area (Å²) in [6.07, 6.45) is 0.534. The average Bonchev–Trinajstić information content (AvgIpc) is 3.07. The van der Waals surface area contributed by atoms with Crippen molar-refractivity contribution in [2.75, 3.05) is 11.9 Å². The van der Waals surface area contributed by atoms with E-state index in [0.717, 1.165) is 5.56 Å². The monoisotopic (exact) mass is 395 g/mol. The lowest BCUT2D eigenvalue weighted by molar-refractivity contribution is 0.0991. The zero-order valence-corrected chi connectivity index (χ0v) is 16.2. The van der Waals surface area contributed by atoms with E-state index in [2.05, 4.69) is 15.4 Å². The average molecular weight is 395 g/mol. The Hall–Kier alpha value is -2.23. The highest BCUT2D eigenvalue weighted by Gasteiger charge is 2.26. The lowest BCUT2D eigenvalue weighted by atomic mass is 9.99. The maximum absolute atomic E-state index is 14.6. The number of carbonyl (C=O) groups excluding carboxylic acids is 1. The number of halogens is 1. The smallest absolute Gasteiger partial charge is 0.291 e. The van der Waals surface area contributed by atoms with Gasteiger partial charge >= 0.3 is 0 Å². The molecule has 2 aromatic rings. The number of hydrogen-bond donors (Lipinski definition) is 3. The molecule has 0 fully saturated rings. The molecule has 1 aliphatic rings. The molecule has 0 aliphatic carbocycles. The summed E-state index contributed by atoms with van der Waals surface area (Å²) in [7, 11) is -3.90. The molecule has 0 atom stereocenters. The van der Waals surface area contributed by atoms with Crippen LogP contribution in [0.25, 0.3) is 0 Å². The van der Waals surface area contributed by atoms with Gasteiger partial charge in [-0.2, -0.15) is 0 Å². The molecule has 9 heteroatoms. The van der Waals surface area contributed by atoms with Gasteiger partial charge in [0, 0.05) is 12.1 Å². The SMILES string of the molecule is CC(C)(C)NS(=O)(=O)c1ccc(C(=O)Nc2ccc3c(c2F)CCNC3)o1. The van der Waals surface area contributed by atoms with Gasteiger partial charge in [0.15, 0.2) is 5.76 Å². The number of nitrogens with one attached hydrogen (secondary N) is 3. The predicted molar refractivity (Wildman–Crippen MR) is 98.5 cm³/mol. The highest BCUT2D eigenvalue weighted by molar-refractivity contribution is 7.89. The molecule has 7 nitrogen and oxygen atoms in total. The molecule has 1 aromatic heterocycles. The summed E-state index contributed by atoms with van der Waals surface area (Å²) < 4.78 is 46.8. The Kier molecular flexibility index (Phi) is 5.11. The molecule has 1 aliphatic heterocycles. The third kappa shape index (κ3) is 4.37. The van der Waals surface area contributed by atoms with Crippen molar-refractivity contribution < 1.29 is 22.0 Å². The summed E-state index contributed by atoms with van der Waals surface area (Å²) in [6, 6.07) is 5.68. The van der Waals surface area contributed by atoms with Crippen LogP contribution in [0, 0.1) is 5.82 Å². The van der Waals surface area contributed by atoms with Gasteiger partial charge in [0.2, 0.25) is 5.09 Å². The van der Waals surface area contributed by atoms with Gasteiger partial charge in [-0.15, -0.1) is 0 Å². The van der Waals surface area contributed by atoms with Crippen molar-refractivity contribution in [3.8, 4) is 0 Å². The van der Waals surface area contributed by atoms with E-state index < -0.39 is 27.3 Å². The van der Waals surface area contributed by atoms with E-state index in [1.165, 1.54) is 18.2 Å². The molecule has 146 valence electrons. The first-order chi connectivity index (χ1) is 12.6. The first-order valence-electron chi connectivity index (χ1n) is 8.53. The van der Waals surface area contributed by atoms with Gasteiger partial charge in [-0.3, -0.25) is 4.79 Å². The van der Waals surface area contributed by atoms with E-state index >= 15 is 0 Å². The number of furan rings is 1. The van der Waals surface area contributed by atoms with Crippen molar-refractivity contribution in [3.05, 3.63) is 47.0 Å². The van der Waals surface area contributed by atoms with Crippen LogP contribution >= 0.6 is 0 Å². The van der Waals surface area contributed by atoms with Crippen molar-refractivity contribution in [2.45, 2.75) is 44.4 Å². The van der Waals surface area contributed by atoms with Crippen molar-refractivity contribution >= 4 is 21.6 Å². The molecule has 0 saturated heterocycles. The summed E-state index contributed by atoms with van der Waals surface area (Å²) in [5.74, 6) is -1.42. The molecule has 3 rings (SSSR count). The number of amides is 1. The van der Waals surface area contributed by atoms with Crippen LogP contribution in [0.1, 0.15) is 42.5 Å². The Labute approximate surface area is 157 Å². The highest BCUT2D eigenvalue weighted by atomic mass is 32.2. The fourth-order valence-electron chi connectivity index (χ4n) is 2.85. The summed E-state index contributed by atoms with van der Waals surface area (Å²) in [6.45, 7) is 6.32. The largest absolute Gasteiger partial charge is 0.438 e. The summed E-state index contributed by atoms with van der Waals surface area (Å²) >= 11 is 0. The van der Waals surface area contributed by atoms with Gasteiger partial charge in [-0.05, 0) is 63.1 Å².